The van der Waals surface area contributed by atoms with Crippen LogP contribution < -0.4 is 0 Å². The molecule has 78 valence electrons. The van der Waals surface area contributed by atoms with Gasteiger partial charge in [-0.15, -0.1) is 0 Å². The van der Waals surface area contributed by atoms with Crippen molar-refractivity contribution in [2.24, 2.45) is 0 Å². The van der Waals surface area contributed by atoms with Gasteiger partial charge in [-0.2, -0.15) is 5.26 Å². The first-order chi connectivity index (χ1) is 7.15. The van der Waals surface area contributed by atoms with Crippen LogP contribution in [0, 0.1) is 11.3 Å². The average molecular weight is 267 g/mol. The summed E-state index contributed by atoms with van der Waals surface area (Å²) in [6, 6.07) is 9.22. The lowest BCUT2D eigenvalue weighted by atomic mass is 10.2. The molecule has 0 saturated heterocycles. The number of amides is 1. The fraction of sp³-hybridized carbons (Fsp3) is 0.273. The van der Waals surface area contributed by atoms with Gasteiger partial charge < -0.3 is 4.90 Å². The summed E-state index contributed by atoms with van der Waals surface area (Å²) >= 11 is 3.31. The smallest absolute Gasteiger partial charge is 0.253 e. The Bertz CT molecular complexity index is 398. The number of hydrogen-bond acceptors (Lipinski definition) is 2. The molecule has 0 saturated carbocycles. The molecular weight excluding hydrogens is 256 g/mol. The summed E-state index contributed by atoms with van der Waals surface area (Å²) in [5.41, 5.74) is 0.629. The highest BCUT2D eigenvalue weighted by Gasteiger charge is 2.10. The van der Waals surface area contributed by atoms with Crippen molar-refractivity contribution in [3.63, 3.8) is 0 Å². The molecular formula is C11H11BrN2O. The van der Waals surface area contributed by atoms with E-state index < -0.39 is 0 Å². The molecule has 0 fully saturated rings. The zero-order valence-electron chi connectivity index (χ0n) is 8.40. The number of halogens is 1. The second-order valence-corrected chi connectivity index (χ2v) is 4.06. The third kappa shape index (κ3) is 3.37. The summed E-state index contributed by atoms with van der Waals surface area (Å²) in [4.78, 5) is 13.3. The van der Waals surface area contributed by atoms with Crippen molar-refractivity contribution in [3.05, 3.63) is 34.3 Å². The summed E-state index contributed by atoms with van der Waals surface area (Å²) in [7, 11) is 1.70. The van der Waals surface area contributed by atoms with Crippen molar-refractivity contribution in [1.29, 1.82) is 5.26 Å². The maximum Gasteiger partial charge on any atom is 0.253 e. The Kier molecular flexibility index (Phi) is 4.32. The number of nitriles is 1. The van der Waals surface area contributed by atoms with Gasteiger partial charge in [-0.1, -0.05) is 22.0 Å². The molecule has 0 aliphatic rings. The van der Waals surface area contributed by atoms with Crippen molar-refractivity contribution in [3.8, 4) is 6.07 Å². The molecule has 1 amide bonds. The lowest BCUT2D eigenvalue weighted by Crippen LogP contribution is -2.27. The van der Waals surface area contributed by atoms with E-state index in [9.17, 15) is 4.79 Å². The van der Waals surface area contributed by atoms with Crippen LogP contribution in [0.1, 0.15) is 16.8 Å². The summed E-state index contributed by atoms with van der Waals surface area (Å²) in [5, 5.41) is 8.42. The fourth-order valence-electron chi connectivity index (χ4n) is 1.16. The van der Waals surface area contributed by atoms with Gasteiger partial charge in [0.05, 0.1) is 12.5 Å². The third-order valence-corrected chi connectivity index (χ3v) is 2.47. The number of rotatable bonds is 3. The van der Waals surface area contributed by atoms with E-state index in [0.29, 0.717) is 18.5 Å². The van der Waals surface area contributed by atoms with Crippen LogP contribution in [0.15, 0.2) is 28.7 Å². The molecule has 1 aromatic carbocycles. The molecule has 0 aliphatic carbocycles. The van der Waals surface area contributed by atoms with Crippen LogP contribution in [0.25, 0.3) is 0 Å². The van der Waals surface area contributed by atoms with E-state index in [0.717, 1.165) is 4.47 Å². The standard InChI is InChI=1S/C11H11BrN2O/c1-14(7-3-6-13)11(15)9-4-2-5-10(12)8-9/h2,4-5,8H,3,7H2,1H3. The minimum Gasteiger partial charge on any atom is -0.341 e. The first-order valence-corrected chi connectivity index (χ1v) is 5.32. The van der Waals surface area contributed by atoms with Gasteiger partial charge in [0.25, 0.3) is 5.91 Å². The van der Waals surface area contributed by atoms with Crippen LogP contribution in [0.3, 0.4) is 0 Å². The third-order valence-electron chi connectivity index (χ3n) is 1.98. The first kappa shape index (κ1) is 11.7. The molecule has 0 spiro atoms. The van der Waals surface area contributed by atoms with E-state index >= 15 is 0 Å². The Balaban J connectivity index is 2.72. The monoisotopic (exact) mass is 266 g/mol. The molecule has 0 unspecified atom stereocenters. The SMILES string of the molecule is CN(CCC#N)C(=O)c1cccc(Br)c1. The minimum absolute atomic E-state index is 0.0634. The van der Waals surface area contributed by atoms with E-state index in [4.69, 9.17) is 5.26 Å². The predicted octanol–water partition coefficient (Wildman–Crippen LogP) is 2.43. The van der Waals surface area contributed by atoms with Gasteiger partial charge >= 0.3 is 0 Å². The van der Waals surface area contributed by atoms with Crippen LogP contribution in [0.2, 0.25) is 0 Å². The molecule has 1 rings (SSSR count). The maximum absolute atomic E-state index is 11.8. The van der Waals surface area contributed by atoms with Crippen LogP contribution >= 0.6 is 15.9 Å². The summed E-state index contributed by atoms with van der Waals surface area (Å²) in [6.07, 6.45) is 0.357. The van der Waals surface area contributed by atoms with Crippen LogP contribution in [0.5, 0.6) is 0 Å². The fourth-order valence-corrected chi connectivity index (χ4v) is 1.56. The summed E-state index contributed by atoms with van der Waals surface area (Å²) < 4.78 is 0.877. The molecule has 0 atom stereocenters. The summed E-state index contributed by atoms with van der Waals surface area (Å²) in [6.45, 7) is 0.460. The molecule has 4 heteroatoms. The Morgan fingerprint density at radius 2 is 2.33 bits per heavy atom. The molecule has 0 N–H and O–H groups in total. The number of carbonyl (C=O) groups is 1. The largest absolute Gasteiger partial charge is 0.341 e. The molecule has 1 aromatic rings. The molecule has 0 radical (unpaired) electrons. The Morgan fingerprint density at radius 3 is 2.93 bits per heavy atom. The second kappa shape index (κ2) is 5.52. The van der Waals surface area contributed by atoms with Crippen molar-refractivity contribution in [2.75, 3.05) is 13.6 Å². The predicted molar refractivity (Wildman–Crippen MR) is 61.3 cm³/mol. The number of carbonyl (C=O) groups excluding carboxylic acids is 1. The van der Waals surface area contributed by atoms with E-state index in [-0.39, 0.29) is 5.91 Å². The average Bonchev–Trinajstić information content (AvgIpc) is 2.24. The first-order valence-electron chi connectivity index (χ1n) is 4.53. The topological polar surface area (TPSA) is 44.1 Å². The van der Waals surface area contributed by atoms with Crippen molar-refractivity contribution >= 4 is 21.8 Å². The number of benzene rings is 1. The molecule has 0 aromatic heterocycles. The van der Waals surface area contributed by atoms with Gasteiger partial charge in [-0.3, -0.25) is 4.79 Å². The van der Waals surface area contributed by atoms with E-state index in [1.54, 1.807) is 24.1 Å². The normalized spacial score (nSPS) is 9.40. The zero-order chi connectivity index (χ0) is 11.3. The number of hydrogen-bond donors (Lipinski definition) is 0. The molecule has 0 aliphatic heterocycles. The number of nitrogens with zero attached hydrogens (tertiary/aromatic N) is 2. The van der Waals surface area contributed by atoms with Crippen molar-refractivity contribution in [2.45, 2.75) is 6.42 Å². The second-order valence-electron chi connectivity index (χ2n) is 3.15. The van der Waals surface area contributed by atoms with Gasteiger partial charge in [-0.25, -0.2) is 0 Å². The van der Waals surface area contributed by atoms with E-state index in [2.05, 4.69) is 15.9 Å². The minimum atomic E-state index is -0.0634. The molecule has 0 bridgehead atoms. The van der Waals surface area contributed by atoms with E-state index in [1.807, 2.05) is 18.2 Å². The lowest BCUT2D eigenvalue weighted by Gasteiger charge is -2.15. The van der Waals surface area contributed by atoms with Gasteiger partial charge in [0.1, 0.15) is 0 Å². The Morgan fingerprint density at radius 1 is 1.60 bits per heavy atom. The van der Waals surface area contributed by atoms with E-state index in [1.165, 1.54) is 0 Å². The highest BCUT2D eigenvalue weighted by atomic mass is 79.9. The van der Waals surface area contributed by atoms with Crippen molar-refractivity contribution in [1.82, 2.24) is 4.90 Å². The van der Waals surface area contributed by atoms with Gasteiger partial charge in [-0.05, 0) is 18.2 Å². The van der Waals surface area contributed by atoms with Crippen LogP contribution in [-0.2, 0) is 0 Å². The Hall–Kier alpha value is -1.34. The quantitative estimate of drug-likeness (QED) is 0.844. The molecule has 15 heavy (non-hydrogen) atoms. The highest BCUT2D eigenvalue weighted by Crippen LogP contribution is 2.13. The van der Waals surface area contributed by atoms with Crippen molar-refractivity contribution < 1.29 is 4.79 Å². The Labute approximate surface area is 97.4 Å². The van der Waals surface area contributed by atoms with Gasteiger partial charge in [0.15, 0.2) is 0 Å². The van der Waals surface area contributed by atoms with Gasteiger partial charge in [0, 0.05) is 23.6 Å². The van der Waals surface area contributed by atoms with Gasteiger partial charge in [0.2, 0.25) is 0 Å². The lowest BCUT2D eigenvalue weighted by molar-refractivity contribution is 0.0798. The van der Waals surface area contributed by atoms with Crippen LogP contribution in [-0.4, -0.2) is 24.4 Å². The maximum atomic E-state index is 11.8. The van der Waals surface area contributed by atoms with Crippen LogP contribution in [0.4, 0.5) is 0 Å². The highest BCUT2D eigenvalue weighted by molar-refractivity contribution is 9.10. The summed E-state index contributed by atoms with van der Waals surface area (Å²) in [5.74, 6) is -0.0634. The zero-order valence-corrected chi connectivity index (χ0v) is 9.99. The molecule has 0 heterocycles. The molecule has 3 nitrogen and oxygen atoms in total.